The van der Waals surface area contributed by atoms with Gasteiger partial charge in [-0.25, -0.2) is 0 Å². The van der Waals surface area contributed by atoms with Gasteiger partial charge >= 0.3 is 0 Å². The van der Waals surface area contributed by atoms with E-state index in [4.69, 9.17) is 23.2 Å². The fourth-order valence-electron chi connectivity index (χ4n) is 2.45. The molecule has 1 saturated carbocycles. The van der Waals surface area contributed by atoms with Gasteiger partial charge in [-0.2, -0.15) is 0 Å². The first-order valence-corrected chi connectivity index (χ1v) is 7.16. The highest BCUT2D eigenvalue weighted by molar-refractivity contribution is 6.39. The van der Waals surface area contributed by atoms with Gasteiger partial charge in [-0.3, -0.25) is 4.79 Å². The molecule has 0 bridgehead atoms. The third-order valence-corrected chi connectivity index (χ3v) is 4.11. The van der Waals surface area contributed by atoms with E-state index in [0.717, 1.165) is 12.3 Å². The van der Waals surface area contributed by atoms with E-state index in [1.807, 2.05) is 0 Å². The first-order chi connectivity index (χ1) is 8.66. The second-order valence-electron chi connectivity index (χ2n) is 4.83. The summed E-state index contributed by atoms with van der Waals surface area (Å²) in [5.74, 6) is 0.717. The SMILES string of the molecule is O=C(CCC1CCCC1)Nc1c(Cl)cccc1Cl. The summed E-state index contributed by atoms with van der Waals surface area (Å²) in [6, 6.07) is 5.21. The van der Waals surface area contributed by atoms with Crippen LogP contribution in [-0.2, 0) is 4.79 Å². The lowest BCUT2D eigenvalue weighted by Crippen LogP contribution is -2.13. The lowest BCUT2D eigenvalue weighted by molar-refractivity contribution is -0.116. The van der Waals surface area contributed by atoms with Gasteiger partial charge in [-0.15, -0.1) is 0 Å². The number of rotatable bonds is 4. The largest absolute Gasteiger partial charge is 0.324 e. The van der Waals surface area contributed by atoms with Crippen LogP contribution in [0.5, 0.6) is 0 Å². The molecule has 2 rings (SSSR count). The van der Waals surface area contributed by atoms with Crippen LogP contribution in [0, 0.1) is 5.92 Å². The molecule has 0 radical (unpaired) electrons. The van der Waals surface area contributed by atoms with Crippen LogP contribution in [0.2, 0.25) is 10.0 Å². The molecule has 1 aliphatic rings. The molecule has 1 fully saturated rings. The highest BCUT2D eigenvalue weighted by Gasteiger charge is 2.17. The third kappa shape index (κ3) is 3.63. The van der Waals surface area contributed by atoms with Gasteiger partial charge in [0.25, 0.3) is 0 Å². The molecular formula is C14H17Cl2NO. The third-order valence-electron chi connectivity index (χ3n) is 3.48. The Balaban J connectivity index is 1.86. The summed E-state index contributed by atoms with van der Waals surface area (Å²) in [5, 5.41) is 3.77. The standard InChI is InChI=1S/C14H17Cl2NO/c15-11-6-3-7-12(16)14(11)17-13(18)9-8-10-4-1-2-5-10/h3,6-7,10H,1-2,4-5,8-9H2,(H,17,18). The molecule has 98 valence electrons. The second-order valence-corrected chi connectivity index (χ2v) is 5.65. The molecule has 0 spiro atoms. The molecule has 2 nitrogen and oxygen atoms in total. The highest BCUT2D eigenvalue weighted by Crippen LogP contribution is 2.31. The predicted octanol–water partition coefficient (Wildman–Crippen LogP) is 4.90. The number of hydrogen-bond donors (Lipinski definition) is 1. The molecule has 0 saturated heterocycles. The number of anilines is 1. The maximum atomic E-state index is 11.8. The van der Waals surface area contributed by atoms with Gasteiger partial charge in [0.15, 0.2) is 0 Å². The summed E-state index contributed by atoms with van der Waals surface area (Å²) in [6.07, 6.45) is 6.66. The van der Waals surface area contributed by atoms with Crippen molar-refractivity contribution in [2.24, 2.45) is 5.92 Å². The molecule has 18 heavy (non-hydrogen) atoms. The smallest absolute Gasteiger partial charge is 0.224 e. The fraction of sp³-hybridized carbons (Fsp3) is 0.500. The second kappa shape index (κ2) is 6.44. The van der Waals surface area contributed by atoms with E-state index >= 15 is 0 Å². The summed E-state index contributed by atoms with van der Waals surface area (Å²) < 4.78 is 0. The van der Waals surface area contributed by atoms with Crippen molar-refractivity contribution in [3.8, 4) is 0 Å². The van der Waals surface area contributed by atoms with E-state index in [9.17, 15) is 4.79 Å². The number of nitrogens with one attached hydrogen (secondary N) is 1. The number of carbonyl (C=O) groups is 1. The van der Waals surface area contributed by atoms with Crippen LogP contribution in [0.4, 0.5) is 5.69 Å². The highest BCUT2D eigenvalue weighted by atomic mass is 35.5. The summed E-state index contributed by atoms with van der Waals surface area (Å²) in [7, 11) is 0. The van der Waals surface area contributed by atoms with Gasteiger partial charge in [0.1, 0.15) is 0 Å². The van der Waals surface area contributed by atoms with Gasteiger partial charge in [0.05, 0.1) is 15.7 Å². The monoisotopic (exact) mass is 285 g/mol. The molecule has 1 aromatic carbocycles. The average Bonchev–Trinajstić information content (AvgIpc) is 2.84. The molecule has 0 atom stereocenters. The normalized spacial score (nSPS) is 15.9. The van der Waals surface area contributed by atoms with E-state index < -0.39 is 0 Å². The summed E-state index contributed by atoms with van der Waals surface area (Å²) in [5.41, 5.74) is 0.525. The van der Waals surface area contributed by atoms with Gasteiger partial charge in [-0.1, -0.05) is 55.0 Å². The van der Waals surface area contributed by atoms with Crippen molar-refractivity contribution in [1.29, 1.82) is 0 Å². The molecule has 4 heteroatoms. The minimum atomic E-state index is -0.00287. The molecular weight excluding hydrogens is 269 g/mol. The van der Waals surface area contributed by atoms with E-state index in [1.165, 1.54) is 25.7 Å². The maximum Gasteiger partial charge on any atom is 0.224 e. The van der Waals surface area contributed by atoms with Crippen LogP contribution in [0.25, 0.3) is 0 Å². The Morgan fingerprint density at radius 2 is 1.83 bits per heavy atom. The zero-order valence-corrected chi connectivity index (χ0v) is 11.7. The molecule has 1 amide bonds. The van der Waals surface area contributed by atoms with Crippen molar-refractivity contribution in [3.05, 3.63) is 28.2 Å². The van der Waals surface area contributed by atoms with Gasteiger partial charge in [-0.05, 0) is 24.5 Å². The van der Waals surface area contributed by atoms with E-state index in [2.05, 4.69) is 5.32 Å². The Morgan fingerprint density at radius 3 is 2.44 bits per heavy atom. The van der Waals surface area contributed by atoms with Gasteiger partial charge in [0.2, 0.25) is 5.91 Å². The van der Waals surface area contributed by atoms with Crippen molar-refractivity contribution in [3.63, 3.8) is 0 Å². The molecule has 1 N–H and O–H groups in total. The minimum absolute atomic E-state index is 0.00287. The number of amides is 1. The van der Waals surface area contributed by atoms with Crippen LogP contribution < -0.4 is 5.32 Å². The van der Waals surface area contributed by atoms with Crippen LogP contribution in [0.1, 0.15) is 38.5 Å². The number of carbonyl (C=O) groups excluding carboxylic acids is 1. The summed E-state index contributed by atoms with van der Waals surface area (Å²) in [6.45, 7) is 0. The summed E-state index contributed by atoms with van der Waals surface area (Å²) >= 11 is 12.0. The molecule has 0 aliphatic heterocycles. The zero-order chi connectivity index (χ0) is 13.0. The Bertz CT molecular complexity index is 408. The minimum Gasteiger partial charge on any atom is -0.324 e. The van der Waals surface area contributed by atoms with Crippen LogP contribution in [0.15, 0.2) is 18.2 Å². The molecule has 0 aromatic heterocycles. The van der Waals surface area contributed by atoms with Gasteiger partial charge < -0.3 is 5.32 Å². The van der Waals surface area contributed by atoms with Crippen molar-refractivity contribution < 1.29 is 4.79 Å². The Kier molecular flexibility index (Phi) is 4.90. The maximum absolute atomic E-state index is 11.8. The quantitative estimate of drug-likeness (QED) is 0.837. The number of para-hydroxylation sites is 1. The first kappa shape index (κ1) is 13.7. The predicted molar refractivity (Wildman–Crippen MR) is 76.3 cm³/mol. The van der Waals surface area contributed by atoms with Gasteiger partial charge in [0, 0.05) is 6.42 Å². The number of halogens is 2. The first-order valence-electron chi connectivity index (χ1n) is 6.40. The Morgan fingerprint density at radius 1 is 1.22 bits per heavy atom. The van der Waals surface area contributed by atoms with Crippen LogP contribution in [0.3, 0.4) is 0 Å². The molecule has 0 unspecified atom stereocenters. The van der Waals surface area contributed by atoms with E-state index in [-0.39, 0.29) is 5.91 Å². The lowest BCUT2D eigenvalue weighted by Gasteiger charge is -2.11. The fourth-order valence-corrected chi connectivity index (χ4v) is 2.95. The van der Waals surface area contributed by atoms with Crippen molar-refractivity contribution in [1.82, 2.24) is 0 Å². The summed E-state index contributed by atoms with van der Waals surface area (Å²) in [4.78, 5) is 11.8. The van der Waals surface area contributed by atoms with Crippen molar-refractivity contribution in [2.45, 2.75) is 38.5 Å². The lowest BCUT2D eigenvalue weighted by atomic mass is 10.0. The number of benzene rings is 1. The zero-order valence-electron chi connectivity index (χ0n) is 10.2. The van der Waals surface area contributed by atoms with E-state index in [0.29, 0.717) is 22.2 Å². The molecule has 1 aliphatic carbocycles. The number of hydrogen-bond acceptors (Lipinski definition) is 1. The van der Waals surface area contributed by atoms with E-state index in [1.54, 1.807) is 18.2 Å². The van der Waals surface area contributed by atoms with Crippen LogP contribution in [-0.4, -0.2) is 5.91 Å². The topological polar surface area (TPSA) is 29.1 Å². The average molecular weight is 286 g/mol. The van der Waals surface area contributed by atoms with Crippen molar-refractivity contribution >= 4 is 34.8 Å². The Hall–Kier alpha value is -0.730. The van der Waals surface area contributed by atoms with Crippen molar-refractivity contribution in [2.75, 3.05) is 5.32 Å². The molecule has 0 heterocycles. The Labute approximate surface area is 118 Å². The molecule has 1 aromatic rings. The van der Waals surface area contributed by atoms with Crippen LogP contribution >= 0.6 is 23.2 Å².